The molecule has 1 unspecified atom stereocenters. The van der Waals surface area contributed by atoms with Crippen molar-refractivity contribution < 1.29 is 4.79 Å². The summed E-state index contributed by atoms with van der Waals surface area (Å²) in [6.45, 7) is 6.25. The Hall–Kier alpha value is -1.74. The van der Waals surface area contributed by atoms with E-state index in [-0.39, 0.29) is 11.9 Å². The molecule has 0 saturated heterocycles. The zero-order valence-electron chi connectivity index (χ0n) is 14.1. The van der Waals surface area contributed by atoms with Crippen LogP contribution in [0.2, 0.25) is 0 Å². The Morgan fingerprint density at radius 3 is 2.52 bits per heavy atom. The molecule has 0 aromatic heterocycles. The minimum absolute atomic E-state index is 0.0564. The molecule has 1 amide bonds. The van der Waals surface area contributed by atoms with Gasteiger partial charge in [0, 0.05) is 17.9 Å². The minimum Gasteiger partial charge on any atom is -0.350 e. The second-order valence-corrected chi connectivity index (χ2v) is 7.03. The van der Waals surface area contributed by atoms with Gasteiger partial charge in [0.25, 0.3) is 0 Å². The molecule has 1 N–H and O–H groups in total. The third kappa shape index (κ3) is 5.76. The van der Waals surface area contributed by atoms with Crippen molar-refractivity contribution in [3.8, 4) is 0 Å². The van der Waals surface area contributed by atoms with Gasteiger partial charge in [0.05, 0.1) is 6.04 Å². The lowest BCUT2D eigenvalue weighted by atomic mass is 10.0. The van der Waals surface area contributed by atoms with Crippen LogP contribution in [-0.4, -0.2) is 11.7 Å². The largest absolute Gasteiger partial charge is 0.350 e. The fourth-order valence-corrected chi connectivity index (χ4v) is 3.26. The summed E-state index contributed by atoms with van der Waals surface area (Å²) in [6, 6.07) is 16.8. The van der Waals surface area contributed by atoms with E-state index in [1.165, 1.54) is 22.3 Å². The van der Waals surface area contributed by atoms with Crippen LogP contribution >= 0.6 is 11.8 Å². The van der Waals surface area contributed by atoms with Gasteiger partial charge in [-0.2, -0.15) is 11.8 Å². The number of hydrogen-bond donors (Lipinski definition) is 1. The average Bonchev–Trinajstić information content (AvgIpc) is 2.55. The maximum atomic E-state index is 12.1. The quantitative estimate of drug-likeness (QED) is 0.740. The lowest BCUT2D eigenvalue weighted by Gasteiger charge is -2.15. The van der Waals surface area contributed by atoms with Gasteiger partial charge in [-0.25, -0.2) is 0 Å². The van der Waals surface area contributed by atoms with Crippen LogP contribution in [-0.2, 0) is 10.5 Å². The highest BCUT2D eigenvalue weighted by atomic mass is 32.2. The second kappa shape index (κ2) is 8.78. The van der Waals surface area contributed by atoms with E-state index < -0.39 is 0 Å². The Morgan fingerprint density at radius 2 is 1.83 bits per heavy atom. The van der Waals surface area contributed by atoms with Crippen LogP contribution in [0.15, 0.2) is 48.5 Å². The number of thioether (sulfide) groups is 1. The van der Waals surface area contributed by atoms with Crippen molar-refractivity contribution in [1.29, 1.82) is 0 Å². The molecule has 2 aromatic carbocycles. The van der Waals surface area contributed by atoms with Crippen LogP contribution in [0.3, 0.4) is 0 Å². The van der Waals surface area contributed by atoms with Crippen molar-refractivity contribution in [2.45, 2.75) is 39.0 Å². The predicted octanol–water partition coefficient (Wildman–Crippen LogP) is 4.80. The highest BCUT2D eigenvalue weighted by molar-refractivity contribution is 7.98. The molecular formula is C20H25NOS. The van der Waals surface area contributed by atoms with E-state index in [9.17, 15) is 4.79 Å². The first kappa shape index (κ1) is 17.6. The van der Waals surface area contributed by atoms with Gasteiger partial charge in [-0.1, -0.05) is 48.5 Å². The van der Waals surface area contributed by atoms with Gasteiger partial charge in [0.2, 0.25) is 5.91 Å². The lowest BCUT2D eigenvalue weighted by molar-refractivity contribution is -0.121. The van der Waals surface area contributed by atoms with Gasteiger partial charge >= 0.3 is 0 Å². The zero-order chi connectivity index (χ0) is 16.7. The lowest BCUT2D eigenvalue weighted by Crippen LogP contribution is -2.26. The molecule has 23 heavy (non-hydrogen) atoms. The fraction of sp³-hybridized carbons (Fsp3) is 0.350. The summed E-state index contributed by atoms with van der Waals surface area (Å²) in [6.07, 6.45) is 0.562. The van der Waals surface area contributed by atoms with E-state index in [1.54, 1.807) is 11.8 Å². The predicted molar refractivity (Wildman–Crippen MR) is 99.7 cm³/mol. The molecule has 0 aliphatic rings. The smallest absolute Gasteiger partial charge is 0.221 e. The molecule has 122 valence electrons. The normalized spacial score (nSPS) is 12.0. The first-order chi connectivity index (χ1) is 11.1. The molecule has 1 atom stereocenters. The number of benzene rings is 2. The number of carbonyl (C=O) groups is 1. The number of rotatable bonds is 7. The van der Waals surface area contributed by atoms with Gasteiger partial charge in [-0.3, -0.25) is 4.79 Å². The van der Waals surface area contributed by atoms with E-state index in [0.29, 0.717) is 6.42 Å². The Labute approximate surface area is 143 Å². The number of hydrogen-bond acceptors (Lipinski definition) is 2. The standard InChI is InChI=1S/C20H25NOS/c1-15-9-10-19(13-16(15)2)17(3)21-20(22)11-12-23-14-18-7-5-4-6-8-18/h4-10,13,17H,11-12,14H2,1-3H3,(H,21,22). The molecule has 2 nitrogen and oxygen atoms in total. The molecule has 0 radical (unpaired) electrons. The molecule has 0 saturated carbocycles. The van der Waals surface area contributed by atoms with Crippen LogP contribution in [0, 0.1) is 13.8 Å². The first-order valence-corrected chi connectivity index (χ1v) is 9.20. The van der Waals surface area contributed by atoms with Crippen LogP contribution in [0.5, 0.6) is 0 Å². The number of carbonyl (C=O) groups excluding carboxylic acids is 1. The van der Waals surface area contributed by atoms with Crippen LogP contribution in [0.25, 0.3) is 0 Å². The van der Waals surface area contributed by atoms with Gasteiger partial charge in [-0.05, 0) is 43.0 Å². The molecule has 0 heterocycles. The Balaban J connectivity index is 1.72. The number of nitrogens with one attached hydrogen (secondary N) is 1. The molecule has 2 aromatic rings. The highest BCUT2D eigenvalue weighted by Crippen LogP contribution is 2.17. The van der Waals surface area contributed by atoms with Gasteiger partial charge in [-0.15, -0.1) is 0 Å². The summed E-state index contributed by atoms with van der Waals surface area (Å²) < 4.78 is 0. The summed E-state index contributed by atoms with van der Waals surface area (Å²) in [7, 11) is 0. The molecule has 0 bridgehead atoms. The van der Waals surface area contributed by atoms with Crippen LogP contribution in [0.1, 0.15) is 41.6 Å². The van der Waals surface area contributed by atoms with Crippen molar-refractivity contribution in [2.24, 2.45) is 0 Å². The molecule has 0 aliphatic carbocycles. The average molecular weight is 327 g/mol. The van der Waals surface area contributed by atoms with Crippen molar-refractivity contribution in [3.63, 3.8) is 0 Å². The van der Waals surface area contributed by atoms with E-state index in [1.807, 2.05) is 25.1 Å². The Kier molecular flexibility index (Phi) is 6.72. The second-order valence-electron chi connectivity index (χ2n) is 5.92. The Bertz CT molecular complexity index is 639. The molecule has 3 heteroatoms. The summed E-state index contributed by atoms with van der Waals surface area (Å²) in [5.41, 5.74) is 5.02. The summed E-state index contributed by atoms with van der Waals surface area (Å²) in [5.74, 6) is 1.93. The van der Waals surface area contributed by atoms with E-state index in [0.717, 1.165) is 11.5 Å². The Morgan fingerprint density at radius 1 is 1.09 bits per heavy atom. The molecule has 0 fully saturated rings. The third-order valence-corrected chi connectivity index (χ3v) is 5.02. The number of amides is 1. The summed E-state index contributed by atoms with van der Waals surface area (Å²) in [4.78, 5) is 12.1. The maximum absolute atomic E-state index is 12.1. The van der Waals surface area contributed by atoms with Crippen LogP contribution in [0.4, 0.5) is 0 Å². The van der Waals surface area contributed by atoms with E-state index >= 15 is 0 Å². The van der Waals surface area contributed by atoms with Crippen molar-refractivity contribution in [3.05, 3.63) is 70.8 Å². The fourth-order valence-electron chi connectivity index (χ4n) is 2.36. The number of aryl methyl sites for hydroxylation is 2. The van der Waals surface area contributed by atoms with Gasteiger partial charge in [0.1, 0.15) is 0 Å². The minimum atomic E-state index is 0.0564. The van der Waals surface area contributed by atoms with Gasteiger partial charge < -0.3 is 5.32 Å². The summed E-state index contributed by atoms with van der Waals surface area (Å²) >= 11 is 1.80. The highest BCUT2D eigenvalue weighted by Gasteiger charge is 2.10. The SMILES string of the molecule is Cc1ccc(C(C)NC(=O)CCSCc2ccccc2)cc1C. The van der Waals surface area contributed by atoms with E-state index in [4.69, 9.17) is 0 Å². The summed E-state index contributed by atoms with van der Waals surface area (Å²) in [5, 5.41) is 3.09. The third-order valence-electron chi connectivity index (χ3n) is 3.99. The van der Waals surface area contributed by atoms with Gasteiger partial charge in [0.15, 0.2) is 0 Å². The van der Waals surface area contributed by atoms with Crippen LogP contribution < -0.4 is 5.32 Å². The van der Waals surface area contributed by atoms with Crippen molar-refractivity contribution in [1.82, 2.24) is 5.32 Å². The molecular weight excluding hydrogens is 302 g/mol. The maximum Gasteiger partial charge on any atom is 0.221 e. The molecule has 0 spiro atoms. The topological polar surface area (TPSA) is 29.1 Å². The zero-order valence-corrected chi connectivity index (χ0v) is 15.0. The first-order valence-electron chi connectivity index (χ1n) is 8.04. The molecule has 0 aliphatic heterocycles. The monoisotopic (exact) mass is 327 g/mol. The van der Waals surface area contributed by atoms with Crippen molar-refractivity contribution in [2.75, 3.05) is 5.75 Å². The van der Waals surface area contributed by atoms with Crippen molar-refractivity contribution >= 4 is 17.7 Å². The van der Waals surface area contributed by atoms with E-state index in [2.05, 4.69) is 49.5 Å². The molecule has 2 rings (SSSR count).